The van der Waals surface area contributed by atoms with Gasteiger partial charge < -0.3 is 19.9 Å². The molecule has 2 N–H and O–H groups in total. The maximum absolute atomic E-state index is 12.6. The topological polar surface area (TPSA) is 86.4 Å². The zero-order valence-electron chi connectivity index (χ0n) is 19.4. The maximum Gasteiger partial charge on any atom is 0.322 e. The van der Waals surface area contributed by atoms with E-state index in [0.717, 1.165) is 52.9 Å². The molecular formula is C26H28N6O2. The van der Waals surface area contributed by atoms with Crippen LogP contribution in [0.25, 0.3) is 22.2 Å². The number of benzene rings is 2. The van der Waals surface area contributed by atoms with E-state index in [1.165, 1.54) is 0 Å². The molecular weight excluding hydrogens is 428 g/mol. The number of hydrogen-bond donors (Lipinski definition) is 2. The number of aromatic nitrogens is 3. The minimum absolute atomic E-state index is 0.0224. The van der Waals surface area contributed by atoms with Gasteiger partial charge in [0.2, 0.25) is 5.88 Å². The highest BCUT2D eigenvalue weighted by Crippen LogP contribution is 2.34. The van der Waals surface area contributed by atoms with Crippen molar-refractivity contribution in [3.63, 3.8) is 0 Å². The van der Waals surface area contributed by atoms with E-state index in [0.29, 0.717) is 12.4 Å². The quantitative estimate of drug-likeness (QED) is 0.478. The molecule has 34 heavy (non-hydrogen) atoms. The Balaban J connectivity index is 0.000000351. The molecule has 2 aromatic carbocycles. The van der Waals surface area contributed by atoms with Crippen molar-refractivity contribution in [1.29, 1.82) is 0 Å². The summed E-state index contributed by atoms with van der Waals surface area (Å²) in [7, 11) is 3.70. The van der Waals surface area contributed by atoms with Gasteiger partial charge in [0.25, 0.3) is 0 Å². The Hall–Kier alpha value is -3.91. The van der Waals surface area contributed by atoms with Crippen LogP contribution in [0.3, 0.4) is 0 Å². The number of pyridine rings is 1. The lowest BCUT2D eigenvalue weighted by Gasteiger charge is -2.34. The van der Waals surface area contributed by atoms with E-state index in [2.05, 4.69) is 38.5 Å². The monoisotopic (exact) mass is 456 g/mol. The summed E-state index contributed by atoms with van der Waals surface area (Å²) in [6.07, 6.45) is 2.72. The Morgan fingerprint density at radius 2 is 1.85 bits per heavy atom. The molecule has 0 bridgehead atoms. The minimum atomic E-state index is -0.0224. The van der Waals surface area contributed by atoms with Gasteiger partial charge in [-0.15, -0.1) is 0 Å². The van der Waals surface area contributed by atoms with E-state index in [9.17, 15) is 4.79 Å². The van der Waals surface area contributed by atoms with Crippen LogP contribution in [0.2, 0.25) is 0 Å². The fraction of sp³-hybridized carbons (Fsp3) is 0.269. The van der Waals surface area contributed by atoms with Crippen LogP contribution in [0, 0.1) is 0 Å². The predicted molar refractivity (Wildman–Crippen MR) is 133 cm³/mol. The number of nitrogens with zero attached hydrogens (tertiary/aromatic N) is 4. The summed E-state index contributed by atoms with van der Waals surface area (Å²) < 4.78 is 5.24. The molecule has 0 spiro atoms. The van der Waals surface area contributed by atoms with Gasteiger partial charge in [0, 0.05) is 48.0 Å². The third kappa shape index (κ3) is 4.45. The highest BCUT2D eigenvalue weighted by molar-refractivity contribution is 6.00. The molecule has 4 aromatic rings. The number of ether oxygens (including phenoxy) is 1. The summed E-state index contributed by atoms with van der Waals surface area (Å²) in [6, 6.07) is 20.1. The molecule has 1 fully saturated rings. The number of fused-ring (bicyclic) bond motifs is 2. The molecule has 1 atom stereocenters. The maximum atomic E-state index is 12.6. The average Bonchev–Trinajstić information content (AvgIpc) is 3.49. The molecule has 1 saturated heterocycles. The molecule has 2 amide bonds. The lowest BCUT2D eigenvalue weighted by molar-refractivity contribution is 0.182. The molecule has 4 heterocycles. The normalized spacial score (nSPS) is 17.6. The van der Waals surface area contributed by atoms with Gasteiger partial charge in [-0.1, -0.05) is 36.4 Å². The summed E-state index contributed by atoms with van der Waals surface area (Å²) >= 11 is 0. The number of aromatic amines is 1. The Bertz CT molecular complexity index is 1260. The lowest BCUT2D eigenvalue weighted by atomic mass is 10.0. The lowest BCUT2D eigenvalue weighted by Crippen LogP contribution is -2.46. The number of anilines is 1. The zero-order chi connectivity index (χ0) is 23.5. The summed E-state index contributed by atoms with van der Waals surface area (Å²) in [4.78, 5) is 21.0. The molecule has 8 nitrogen and oxygen atoms in total. The van der Waals surface area contributed by atoms with Crippen LogP contribution in [0.15, 0.2) is 66.9 Å². The standard InChI is InChI=1S/C20H22N6O2.C6H6/c1-25-6-4-14(11-25)26-10-13-7-15-17(9-16(13)22-20(26)27)23-24-19(15)12-3-5-21-18(8-12)28-2;1-2-4-6-5-3-1/h3,5,7-9,14H,4,6,10-11H2,1-2H3,(H,22,27)(H,23,24);1-6H. The van der Waals surface area contributed by atoms with E-state index in [1.54, 1.807) is 13.3 Å². The molecule has 0 radical (unpaired) electrons. The van der Waals surface area contributed by atoms with E-state index in [1.807, 2.05) is 59.5 Å². The van der Waals surface area contributed by atoms with Crippen LogP contribution in [0.4, 0.5) is 10.5 Å². The average molecular weight is 457 g/mol. The molecule has 2 aromatic heterocycles. The van der Waals surface area contributed by atoms with Crippen LogP contribution in [0.1, 0.15) is 12.0 Å². The third-order valence-corrected chi connectivity index (χ3v) is 6.32. The van der Waals surface area contributed by atoms with E-state index in [-0.39, 0.29) is 12.1 Å². The van der Waals surface area contributed by atoms with Gasteiger partial charge in [0.1, 0.15) is 5.69 Å². The molecule has 6 rings (SSSR count). The summed E-state index contributed by atoms with van der Waals surface area (Å²) in [5.41, 5.74) is 4.63. The number of likely N-dealkylation sites (N-methyl/N-ethyl adjacent to an activating group) is 1. The number of nitrogens with one attached hydrogen (secondary N) is 2. The third-order valence-electron chi connectivity index (χ3n) is 6.32. The predicted octanol–water partition coefficient (Wildman–Crippen LogP) is 4.37. The number of carbonyl (C=O) groups is 1. The van der Waals surface area contributed by atoms with Crippen molar-refractivity contribution >= 4 is 22.6 Å². The number of amides is 2. The fourth-order valence-electron chi connectivity index (χ4n) is 4.53. The van der Waals surface area contributed by atoms with Crippen molar-refractivity contribution in [1.82, 2.24) is 25.0 Å². The van der Waals surface area contributed by atoms with Gasteiger partial charge in [-0.05, 0) is 43.8 Å². The Kier molecular flexibility index (Phi) is 6.14. The number of hydrogen-bond acceptors (Lipinski definition) is 5. The fourth-order valence-corrected chi connectivity index (χ4v) is 4.53. The van der Waals surface area contributed by atoms with Crippen molar-refractivity contribution in [2.75, 3.05) is 32.6 Å². The van der Waals surface area contributed by atoms with Gasteiger partial charge in [-0.25, -0.2) is 9.78 Å². The zero-order valence-corrected chi connectivity index (χ0v) is 19.4. The van der Waals surface area contributed by atoms with Gasteiger partial charge >= 0.3 is 6.03 Å². The first-order valence-corrected chi connectivity index (χ1v) is 11.4. The number of methoxy groups -OCH3 is 1. The Morgan fingerprint density at radius 3 is 2.53 bits per heavy atom. The molecule has 1 unspecified atom stereocenters. The number of carbonyl (C=O) groups excluding carboxylic acids is 1. The number of H-pyrrole nitrogens is 1. The van der Waals surface area contributed by atoms with Gasteiger partial charge in [-0.3, -0.25) is 5.10 Å². The molecule has 8 heteroatoms. The molecule has 174 valence electrons. The van der Waals surface area contributed by atoms with Crippen LogP contribution < -0.4 is 10.1 Å². The molecule has 2 aliphatic heterocycles. The van der Waals surface area contributed by atoms with Crippen LogP contribution in [0.5, 0.6) is 5.88 Å². The second-order valence-electron chi connectivity index (χ2n) is 8.63. The summed E-state index contributed by atoms with van der Waals surface area (Å²) in [5.74, 6) is 0.551. The summed E-state index contributed by atoms with van der Waals surface area (Å²) in [6.45, 7) is 2.55. The highest BCUT2D eigenvalue weighted by atomic mass is 16.5. The second kappa shape index (κ2) is 9.52. The molecule has 0 saturated carbocycles. The smallest absolute Gasteiger partial charge is 0.322 e. The summed E-state index contributed by atoms with van der Waals surface area (Å²) in [5, 5.41) is 11.6. The van der Waals surface area contributed by atoms with Crippen molar-refractivity contribution < 1.29 is 9.53 Å². The van der Waals surface area contributed by atoms with Crippen LogP contribution >= 0.6 is 0 Å². The van der Waals surface area contributed by atoms with Crippen molar-refractivity contribution in [2.24, 2.45) is 0 Å². The molecule has 2 aliphatic rings. The van der Waals surface area contributed by atoms with Crippen molar-refractivity contribution in [2.45, 2.75) is 19.0 Å². The number of rotatable bonds is 3. The van der Waals surface area contributed by atoms with E-state index in [4.69, 9.17) is 4.74 Å². The second-order valence-corrected chi connectivity index (χ2v) is 8.63. The molecule has 0 aliphatic carbocycles. The Labute approximate surface area is 198 Å². The SMILES string of the molecule is COc1cc(-c2n[nH]c3cc4c(cc23)CN(C2CCN(C)C2)C(=O)N4)ccn1.c1ccccc1. The number of urea groups is 1. The first-order chi connectivity index (χ1) is 16.6. The largest absolute Gasteiger partial charge is 0.481 e. The van der Waals surface area contributed by atoms with Gasteiger partial charge in [0.05, 0.1) is 12.6 Å². The van der Waals surface area contributed by atoms with Crippen molar-refractivity contribution in [3.05, 3.63) is 72.4 Å². The highest BCUT2D eigenvalue weighted by Gasteiger charge is 2.33. The van der Waals surface area contributed by atoms with E-state index < -0.39 is 0 Å². The van der Waals surface area contributed by atoms with Crippen LogP contribution in [-0.2, 0) is 6.54 Å². The number of likely N-dealkylation sites (tertiary alicyclic amines) is 1. The van der Waals surface area contributed by atoms with E-state index >= 15 is 0 Å². The first-order valence-electron chi connectivity index (χ1n) is 11.4. The van der Waals surface area contributed by atoms with Crippen LogP contribution in [-0.4, -0.2) is 64.3 Å². The minimum Gasteiger partial charge on any atom is -0.481 e. The Morgan fingerprint density at radius 1 is 1.09 bits per heavy atom. The van der Waals surface area contributed by atoms with Crippen molar-refractivity contribution in [3.8, 4) is 17.1 Å². The van der Waals surface area contributed by atoms with Gasteiger partial charge in [-0.2, -0.15) is 5.10 Å². The van der Waals surface area contributed by atoms with Gasteiger partial charge in [0.15, 0.2) is 0 Å². The first kappa shape index (κ1) is 21.9.